The van der Waals surface area contributed by atoms with Crippen molar-refractivity contribution in [3.05, 3.63) is 65.0 Å². The largest absolute Gasteiger partial charge is 0.497 e. The standard InChI is InChI=1S/C17H18FNO3/c1-11-6-7-15(18)14(8-11)17(21)19-10-16(20)12-4-3-5-13(9-12)22-2/h3-9,16,20H,10H2,1-2H3,(H,19,21). The molecule has 1 unspecified atom stereocenters. The number of aliphatic hydroxyl groups excluding tert-OH is 1. The fourth-order valence-electron chi connectivity index (χ4n) is 2.06. The molecule has 5 heteroatoms. The number of carbonyl (C=O) groups is 1. The summed E-state index contributed by atoms with van der Waals surface area (Å²) in [5, 5.41) is 12.6. The molecule has 22 heavy (non-hydrogen) atoms. The molecular formula is C17H18FNO3. The lowest BCUT2D eigenvalue weighted by Gasteiger charge is -2.13. The number of methoxy groups -OCH3 is 1. The molecule has 116 valence electrons. The van der Waals surface area contributed by atoms with Gasteiger partial charge in [-0.15, -0.1) is 0 Å². The van der Waals surface area contributed by atoms with Gasteiger partial charge >= 0.3 is 0 Å². The molecule has 0 heterocycles. The van der Waals surface area contributed by atoms with E-state index in [0.717, 1.165) is 5.56 Å². The molecule has 0 spiro atoms. The Morgan fingerprint density at radius 3 is 2.82 bits per heavy atom. The maximum absolute atomic E-state index is 13.6. The number of halogens is 1. The molecule has 0 bridgehead atoms. The summed E-state index contributed by atoms with van der Waals surface area (Å²) < 4.78 is 18.7. The lowest BCUT2D eigenvalue weighted by atomic mass is 10.1. The van der Waals surface area contributed by atoms with Crippen LogP contribution in [-0.2, 0) is 0 Å². The number of benzene rings is 2. The van der Waals surface area contributed by atoms with E-state index in [9.17, 15) is 14.3 Å². The number of aryl methyl sites for hydroxylation is 1. The highest BCUT2D eigenvalue weighted by molar-refractivity contribution is 5.94. The molecule has 0 radical (unpaired) electrons. The molecule has 1 atom stereocenters. The van der Waals surface area contributed by atoms with Crippen molar-refractivity contribution in [2.75, 3.05) is 13.7 Å². The van der Waals surface area contributed by atoms with Gasteiger partial charge in [0.05, 0.1) is 18.8 Å². The van der Waals surface area contributed by atoms with Gasteiger partial charge in [0, 0.05) is 6.54 Å². The molecular weight excluding hydrogens is 285 g/mol. The minimum Gasteiger partial charge on any atom is -0.497 e. The molecule has 0 aliphatic carbocycles. The molecule has 0 aliphatic rings. The Balaban J connectivity index is 2.02. The number of hydrogen-bond donors (Lipinski definition) is 2. The van der Waals surface area contributed by atoms with E-state index in [1.54, 1.807) is 37.3 Å². The van der Waals surface area contributed by atoms with Crippen molar-refractivity contribution in [2.24, 2.45) is 0 Å². The minimum atomic E-state index is -0.896. The highest BCUT2D eigenvalue weighted by atomic mass is 19.1. The van der Waals surface area contributed by atoms with Crippen LogP contribution in [0.3, 0.4) is 0 Å². The Morgan fingerprint density at radius 2 is 2.09 bits per heavy atom. The minimum absolute atomic E-state index is 0.0145. The average Bonchev–Trinajstić information content (AvgIpc) is 2.54. The smallest absolute Gasteiger partial charge is 0.254 e. The van der Waals surface area contributed by atoms with Crippen LogP contribution >= 0.6 is 0 Å². The van der Waals surface area contributed by atoms with Crippen molar-refractivity contribution >= 4 is 5.91 Å². The lowest BCUT2D eigenvalue weighted by molar-refractivity contribution is 0.0912. The summed E-state index contributed by atoms with van der Waals surface area (Å²) in [7, 11) is 1.54. The number of carbonyl (C=O) groups excluding carboxylic acids is 1. The zero-order valence-electron chi connectivity index (χ0n) is 12.5. The van der Waals surface area contributed by atoms with Gasteiger partial charge in [-0.3, -0.25) is 4.79 Å². The monoisotopic (exact) mass is 303 g/mol. The summed E-state index contributed by atoms with van der Waals surface area (Å²) >= 11 is 0. The van der Waals surface area contributed by atoms with Crippen molar-refractivity contribution in [1.29, 1.82) is 0 Å². The molecule has 1 amide bonds. The van der Waals surface area contributed by atoms with E-state index in [2.05, 4.69) is 5.32 Å². The molecule has 2 aromatic carbocycles. The van der Waals surface area contributed by atoms with Crippen LogP contribution in [0.15, 0.2) is 42.5 Å². The second-order valence-electron chi connectivity index (χ2n) is 4.99. The van der Waals surface area contributed by atoms with Crippen LogP contribution in [0, 0.1) is 12.7 Å². The average molecular weight is 303 g/mol. The number of aliphatic hydroxyl groups is 1. The summed E-state index contributed by atoms with van der Waals surface area (Å²) in [6, 6.07) is 11.2. The fourth-order valence-corrected chi connectivity index (χ4v) is 2.06. The summed E-state index contributed by atoms with van der Waals surface area (Å²) in [4.78, 5) is 12.0. The zero-order valence-corrected chi connectivity index (χ0v) is 12.5. The molecule has 2 aromatic rings. The van der Waals surface area contributed by atoms with Crippen LogP contribution in [0.1, 0.15) is 27.6 Å². The Hall–Kier alpha value is -2.40. The van der Waals surface area contributed by atoms with Gasteiger partial charge in [-0.25, -0.2) is 4.39 Å². The van der Waals surface area contributed by atoms with Crippen molar-refractivity contribution in [2.45, 2.75) is 13.0 Å². The van der Waals surface area contributed by atoms with Gasteiger partial charge in [0.1, 0.15) is 11.6 Å². The van der Waals surface area contributed by atoms with E-state index >= 15 is 0 Å². The topological polar surface area (TPSA) is 58.6 Å². The van der Waals surface area contributed by atoms with Crippen LogP contribution in [0.2, 0.25) is 0 Å². The van der Waals surface area contributed by atoms with Crippen molar-refractivity contribution < 1.29 is 19.0 Å². The molecule has 2 N–H and O–H groups in total. The van der Waals surface area contributed by atoms with Crippen molar-refractivity contribution in [3.63, 3.8) is 0 Å². The molecule has 2 rings (SSSR count). The molecule has 0 saturated heterocycles. The summed E-state index contributed by atoms with van der Waals surface area (Å²) in [5.74, 6) is -0.519. The van der Waals surface area contributed by atoms with Crippen LogP contribution < -0.4 is 10.1 Å². The van der Waals surface area contributed by atoms with E-state index < -0.39 is 17.8 Å². The van der Waals surface area contributed by atoms with E-state index in [-0.39, 0.29) is 12.1 Å². The Morgan fingerprint density at radius 1 is 1.32 bits per heavy atom. The third-order valence-corrected chi connectivity index (χ3v) is 3.30. The Kier molecular flexibility index (Phi) is 5.12. The predicted octanol–water partition coefficient (Wildman–Crippen LogP) is 2.61. The zero-order chi connectivity index (χ0) is 16.1. The number of hydrogen-bond acceptors (Lipinski definition) is 3. The van der Waals surface area contributed by atoms with E-state index in [0.29, 0.717) is 11.3 Å². The first-order chi connectivity index (χ1) is 10.5. The molecule has 0 aliphatic heterocycles. The SMILES string of the molecule is COc1cccc(C(O)CNC(=O)c2cc(C)ccc2F)c1. The first kappa shape index (κ1) is 16.0. The van der Waals surface area contributed by atoms with E-state index in [1.807, 2.05) is 0 Å². The molecule has 0 aromatic heterocycles. The number of rotatable bonds is 5. The summed E-state index contributed by atoms with van der Waals surface area (Å²) in [6.45, 7) is 1.76. The summed E-state index contributed by atoms with van der Waals surface area (Å²) in [5.41, 5.74) is 1.38. The van der Waals surface area contributed by atoms with Gasteiger partial charge in [0.25, 0.3) is 5.91 Å². The van der Waals surface area contributed by atoms with Gasteiger partial charge in [0.15, 0.2) is 0 Å². The first-order valence-corrected chi connectivity index (χ1v) is 6.87. The van der Waals surface area contributed by atoms with Crippen LogP contribution in [0.4, 0.5) is 4.39 Å². The first-order valence-electron chi connectivity index (χ1n) is 6.87. The van der Waals surface area contributed by atoms with Crippen LogP contribution in [0.5, 0.6) is 5.75 Å². The number of ether oxygens (including phenoxy) is 1. The second-order valence-corrected chi connectivity index (χ2v) is 4.99. The van der Waals surface area contributed by atoms with Crippen LogP contribution in [-0.4, -0.2) is 24.7 Å². The van der Waals surface area contributed by atoms with Gasteiger partial charge in [-0.2, -0.15) is 0 Å². The Bertz CT molecular complexity index is 673. The second kappa shape index (κ2) is 7.04. The number of nitrogens with one attached hydrogen (secondary N) is 1. The van der Waals surface area contributed by atoms with Crippen molar-refractivity contribution in [1.82, 2.24) is 5.32 Å². The van der Waals surface area contributed by atoms with E-state index in [4.69, 9.17) is 4.74 Å². The predicted molar refractivity (Wildman–Crippen MR) is 81.4 cm³/mol. The highest BCUT2D eigenvalue weighted by Gasteiger charge is 2.14. The lowest BCUT2D eigenvalue weighted by Crippen LogP contribution is -2.29. The third-order valence-electron chi connectivity index (χ3n) is 3.30. The van der Waals surface area contributed by atoms with Crippen LogP contribution in [0.25, 0.3) is 0 Å². The van der Waals surface area contributed by atoms with Gasteiger partial charge in [-0.05, 0) is 36.8 Å². The summed E-state index contributed by atoms with van der Waals surface area (Å²) in [6.07, 6.45) is -0.896. The van der Waals surface area contributed by atoms with Gasteiger partial charge < -0.3 is 15.2 Å². The highest BCUT2D eigenvalue weighted by Crippen LogP contribution is 2.18. The fraction of sp³-hybridized carbons (Fsp3) is 0.235. The molecule has 0 fully saturated rings. The quantitative estimate of drug-likeness (QED) is 0.892. The van der Waals surface area contributed by atoms with Gasteiger partial charge in [-0.1, -0.05) is 23.8 Å². The van der Waals surface area contributed by atoms with Crippen molar-refractivity contribution in [3.8, 4) is 5.75 Å². The van der Waals surface area contributed by atoms with Gasteiger partial charge in [0.2, 0.25) is 0 Å². The van der Waals surface area contributed by atoms with E-state index in [1.165, 1.54) is 19.2 Å². The Labute approximate surface area is 128 Å². The third kappa shape index (κ3) is 3.83. The maximum Gasteiger partial charge on any atom is 0.254 e. The molecule has 4 nitrogen and oxygen atoms in total. The molecule has 0 saturated carbocycles. The maximum atomic E-state index is 13.6. The number of amides is 1. The normalized spacial score (nSPS) is 11.8.